The highest BCUT2D eigenvalue weighted by Crippen LogP contribution is 2.36. The molecule has 0 radical (unpaired) electrons. The number of aromatic nitrogens is 3. The molecule has 150 valence electrons. The minimum atomic E-state index is -0.00774. The van der Waals surface area contributed by atoms with Crippen molar-refractivity contribution in [1.82, 2.24) is 14.6 Å². The molecule has 0 spiro atoms. The van der Waals surface area contributed by atoms with Gasteiger partial charge >= 0.3 is 0 Å². The van der Waals surface area contributed by atoms with Gasteiger partial charge in [-0.15, -0.1) is 10.2 Å². The molecular formula is C24H23N5S. The van der Waals surface area contributed by atoms with Gasteiger partial charge in [-0.1, -0.05) is 58.9 Å². The molecule has 4 rings (SSSR count). The molecule has 0 aliphatic rings. The summed E-state index contributed by atoms with van der Waals surface area (Å²) < 4.78 is 2.91. The van der Waals surface area contributed by atoms with Crippen LogP contribution in [0.4, 0.5) is 0 Å². The Morgan fingerprint density at radius 1 is 0.800 bits per heavy atom. The van der Waals surface area contributed by atoms with Gasteiger partial charge in [0.25, 0.3) is 0 Å². The second kappa shape index (κ2) is 6.65. The van der Waals surface area contributed by atoms with Gasteiger partial charge in [0.2, 0.25) is 4.96 Å². The lowest BCUT2D eigenvalue weighted by Gasteiger charge is -2.26. The zero-order valence-electron chi connectivity index (χ0n) is 18.0. The standard InChI is InChI=1S/C24H23N5S/c1-23(2,3)17-7-14(8-18(11-17)24(4,5)6)21-27-28-22-29(21)19-9-15(12-25)16(13-26)10-20(19)30-22/h7-11H,1-6H3. The number of hydrogen-bond acceptors (Lipinski definition) is 5. The van der Waals surface area contributed by atoms with Crippen LogP contribution in [0.2, 0.25) is 0 Å². The molecule has 2 heterocycles. The lowest BCUT2D eigenvalue weighted by Crippen LogP contribution is -2.16. The Hall–Kier alpha value is -3.22. The van der Waals surface area contributed by atoms with Crippen molar-refractivity contribution in [2.45, 2.75) is 52.4 Å². The quantitative estimate of drug-likeness (QED) is 0.386. The zero-order chi connectivity index (χ0) is 21.8. The molecule has 6 heteroatoms. The fraction of sp³-hybridized carbons (Fsp3) is 0.333. The van der Waals surface area contributed by atoms with Crippen molar-refractivity contribution in [2.75, 3.05) is 0 Å². The number of fused-ring (bicyclic) bond motifs is 3. The Labute approximate surface area is 180 Å². The number of benzene rings is 2. The Bertz CT molecular complexity index is 1350. The van der Waals surface area contributed by atoms with E-state index in [0.717, 1.165) is 26.6 Å². The molecule has 2 aromatic heterocycles. The normalized spacial score (nSPS) is 12.3. The van der Waals surface area contributed by atoms with Gasteiger partial charge in [0, 0.05) is 5.56 Å². The summed E-state index contributed by atoms with van der Waals surface area (Å²) in [6.45, 7) is 13.3. The van der Waals surface area contributed by atoms with E-state index in [2.05, 4.69) is 82.1 Å². The second-order valence-corrected chi connectivity index (χ2v) is 10.6. The molecule has 0 unspecified atom stereocenters. The van der Waals surface area contributed by atoms with Gasteiger partial charge in [-0.3, -0.25) is 4.40 Å². The molecule has 0 N–H and O–H groups in total. The maximum atomic E-state index is 9.47. The maximum Gasteiger partial charge on any atom is 0.217 e. The Morgan fingerprint density at radius 3 is 1.90 bits per heavy atom. The summed E-state index contributed by atoms with van der Waals surface area (Å²) in [6, 6.07) is 14.4. The van der Waals surface area contributed by atoms with Crippen molar-refractivity contribution < 1.29 is 0 Å². The van der Waals surface area contributed by atoms with Gasteiger partial charge in [0.1, 0.15) is 12.1 Å². The van der Waals surface area contributed by atoms with Gasteiger partial charge in [-0.25, -0.2) is 0 Å². The van der Waals surface area contributed by atoms with Crippen molar-refractivity contribution in [3.8, 4) is 23.5 Å². The molecule has 0 aliphatic carbocycles. The maximum absolute atomic E-state index is 9.47. The van der Waals surface area contributed by atoms with E-state index in [1.165, 1.54) is 22.5 Å². The van der Waals surface area contributed by atoms with E-state index >= 15 is 0 Å². The van der Waals surface area contributed by atoms with E-state index in [1.54, 1.807) is 12.1 Å². The average molecular weight is 414 g/mol. The van der Waals surface area contributed by atoms with Crippen molar-refractivity contribution in [2.24, 2.45) is 0 Å². The lowest BCUT2D eigenvalue weighted by atomic mass is 9.79. The topological polar surface area (TPSA) is 77.8 Å². The Morgan fingerprint density at radius 2 is 1.37 bits per heavy atom. The molecule has 0 fully saturated rings. The Balaban J connectivity index is 2.05. The molecule has 0 bridgehead atoms. The number of hydrogen-bond donors (Lipinski definition) is 0. The third-order valence-corrected chi connectivity index (χ3v) is 6.33. The van der Waals surface area contributed by atoms with E-state index in [9.17, 15) is 10.5 Å². The largest absolute Gasteiger partial charge is 0.265 e. The molecule has 0 saturated carbocycles. The van der Waals surface area contributed by atoms with E-state index in [0.29, 0.717) is 11.1 Å². The van der Waals surface area contributed by atoms with Gasteiger partial charge in [0.15, 0.2) is 5.82 Å². The van der Waals surface area contributed by atoms with E-state index < -0.39 is 0 Å². The number of rotatable bonds is 1. The van der Waals surface area contributed by atoms with Crippen LogP contribution in [0.5, 0.6) is 0 Å². The average Bonchev–Trinajstić information content (AvgIpc) is 3.23. The summed E-state index contributed by atoms with van der Waals surface area (Å²) in [6.07, 6.45) is 0. The highest BCUT2D eigenvalue weighted by molar-refractivity contribution is 7.23. The minimum Gasteiger partial charge on any atom is -0.265 e. The second-order valence-electron chi connectivity index (χ2n) is 9.63. The molecule has 2 aromatic carbocycles. The van der Waals surface area contributed by atoms with Crippen molar-refractivity contribution >= 4 is 26.5 Å². The van der Waals surface area contributed by atoms with E-state index in [-0.39, 0.29) is 10.8 Å². The molecule has 0 saturated heterocycles. The highest BCUT2D eigenvalue weighted by Gasteiger charge is 2.23. The first kappa shape index (κ1) is 20.1. The predicted molar refractivity (Wildman–Crippen MR) is 121 cm³/mol. The van der Waals surface area contributed by atoms with Crippen molar-refractivity contribution in [3.63, 3.8) is 0 Å². The summed E-state index contributed by atoms with van der Waals surface area (Å²) >= 11 is 1.47. The summed E-state index contributed by atoms with van der Waals surface area (Å²) in [7, 11) is 0. The van der Waals surface area contributed by atoms with Gasteiger partial charge in [-0.05, 0) is 46.2 Å². The zero-order valence-corrected chi connectivity index (χ0v) is 18.8. The van der Waals surface area contributed by atoms with Crippen molar-refractivity contribution in [1.29, 1.82) is 10.5 Å². The van der Waals surface area contributed by atoms with Gasteiger partial charge in [-0.2, -0.15) is 10.5 Å². The highest BCUT2D eigenvalue weighted by atomic mass is 32.1. The van der Waals surface area contributed by atoms with Crippen LogP contribution in [0.15, 0.2) is 30.3 Å². The molecule has 5 nitrogen and oxygen atoms in total. The summed E-state index contributed by atoms with van der Waals surface area (Å²) in [5.74, 6) is 0.751. The van der Waals surface area contributed by atoms with E-state index in [1.807, 2.05) is 4.40 Å². The van der Waals surface area contributed by atoms with Crippen LogP contribution < -0.4 is 0 Å². The fourth-order valence-corrected chi connectivity index (χ4v) is 4.46. The van der Waals surface area contributed by atoms with Crippen LogP contribution in [-0.2, 0) is 10.8 Å². The van der Waals surface area contributed by atoms with Crippen LogP contribution >= 0.6 is 11.3 Å². The van der Waals surface area contributed by atoms with Crippen LogP contribution in [0.3, 0.4) is 0 Å². The molecule has 4 aromatic rings. The monoisotopic (exact) mass is 413 g/mol. The Kier molecular flexibility index (Phi) is 4.45. The summed E-state index contributed by atoms with van der Waals surface area (Å²) in [5, 5.41) is 27.7. The van der Waals surface area contributed by atoms with E-state index in [4.69, 9.17) is 0 Å². The first-order chi connectivity index (χ1) is 14.0. The van der Waals surface area contributed by atoms with Crippen LogP contribution in [0.1, 0.15) is 63.8 Å². The third kappa shape index (κ3) is 3.24. The first-order valence-corrected chi connectivity index (χ1v) is 10.6. The fourth-order valence-electron chi connectivity index (χ4n) is 3.47. The minimum absolute atomic E-state index is 0.00774. The molecule has 0 amide bonds. The van der Waals surface area contributed by atoms with Gasteiger partial charge in [0.05, 0.1) is 21.3 Å². The van der Waals surface area contributed by atoms with Crippen LogP contribution in [-0.4, -0.2) is 14.6 Å². The predicted octanol–water partition coefficient (Wildman–Crippen LogP) is 5.95. The molecule has 30 heavy (non-hydrogen) atoms. The van der Waals surface area contributed by atoms with Crippen LogP contribution in [0, 0.1) is 22.7 Å². The summed E-state index contributed by atoms with van der Waals surface area (Å²) in [4.78, 5) is 0.748. The lowest BCUT2D eigenvalue weighted by molar-refractivity contribution is 0.569. The first-order valence-electron chi connectivity index (χ1n) is 9.81. The third-order valence-electron chi connectivity index (χ3n) is 5.34. The SMILES string of the molecule is CC(C)(C)c1cc(-c2nnc3sc4cc(C#N)c(C#N)cc4n23)cc(C(C)(C)C)c1. The van der Waals surface area contributed by atoms with Crippen molar-refractivity contribution in [3.05, 3.63) is 52.6 Å². The molecule has 0 atom stereocenters. The van der Waals surface area contributed by atoms with Crippen LogP contribution in [0.25, 0.3) is 26.6 Å². The summed E-state index contributed by atoms with van der Waals surface area (Å²) in [5.41, 5.74) is 5.07. The molecule has 0 aliphatic heterocycles. The number of nitriles is 2. The smallest absolute Gasteiger partial charge is 0.217 e. The molecular weight excluding hydrogens is 390 g/mol. The van der Waals surface area contributed by atoms with Gasteiger partial charge < -0.3 is 0 Å². The number of nitrogens with zero attached hydrogens (tertiary/aromatic N) is 5. The number of thiazole rings is 1.